The second-order valence-electron chi connectivity index (χ2n) is 6.77. The predicted molar refractivity (Wildman–Crippen MR) is 108 cm³/mol. The molecule has 0 unspecified atom stereocenters. The van der Waals surface area contributed by atoms with Gasteiger partial charge in [-0.1, -0.05) is 23.2 Å². The highest BCUT2D eigenvalue weighted by molar-refractivity contribution is 6.39. The lowest BCUT2D eigenvalue weighted by Crippen LogP contribution is -2.15. The van der Waals surface area contributed by atoms with E-state index in [0.29, 0.717) is 17.2 Å². The number of aromatic nitrogens is 3. The molecule has 1 aliphatic rings. The molecule has 0 N–H and O–H groups in total. The van der Waals surface area contributed by atoms with Crippen LogP contribution in [0.15, 0.2) is 35.5 Å². The van der Waals surface area contributed by atoms with Gasteiger partial charge in [0.05, 0.1) is 39.8 Å². The average molecular weight is 455 g/mol. The molecule has 1 atom stereocenters. The molecule has 3 heterocycles. The van der Waals surface area contributed by atoms with Crippen molar-refractivity contribution in [3.05, 3.63) is 68.8 Å². The molecule has 0 saturated carbocycles. The highest BCUT2D eigenvalue weighted by atomic mass is 35.5. The minimum atomic E-state index is -4.64. The van der Waals surface area contributed by atoms with E-state index in [4.69, 9.17) is 27.9 Å². The van der Waals surface area contributed by atoms with E-state index in [0.717, 1.165) is 6.07 Å². The van der Waals surface area contributed by atoms with Crippen LogP contribution in [0.3, 0.4) is 0 Å². The molecule has 4 rings (SSSR count). The predicted octanol–water partition coefficient (Wildman–Crippen LogP) is 5.82. The zero-order valence-corrected chi connectivity index (χ0v) is 17.6. The first kappa shape index (κ1) is 20.7. The Morgan fingerprint density at radius 3 is 2.50 bits per heavy atom. The maximum atomic E-state index is 13.6. The number of imidazole rings is 1. The monoisotopic (exact) mass is 454 g/mol. The molecule has 5 nitrogen and oxygen atoms in total. The minimum absolute atomic E-state index is 0.0807. The van der Waals surface area contributed by atoms with Gasteiger partial charge < -0.3 is 9.30 Å². The van der Waals surface area contributed by atoms with E-state index in [1.807, 2.05) is 0 Å². The fourth-order valence-corrected chi connectivity index (χ4v) is 3.97. The van der Waals surface area contributed by atoms with Gasteiger partial charge >= 0.3 is 6.18 Å². The summed E-state index contributed by atoms with van der Waals surface area (Å²) in [6.07, 6.45) is -2.91. The third kappa shape index (κ3) is 3.33. The Morgan fingerprint density at radius 2 is 1.83 bits per heavy atom. The molecular formula is C20H15Cl2F3N4O. The van der Waals surface area contributed by atoms with Crippen LogP contribution in [-0.4, -0.2) is 27.4 Å². The van der Waals surface area contributed by atoms with Gasteiger partial charge in [-0.3, -0.25) is 4.99 Å². The van der Waals surface area contributed by atoms with Crippen molar-refractivity contribution in [3.63, 3.8) is 0 Å². The van der Waals surface area contributed by atoms with Crippen LogP contribution in [0, 0.1) is 6.92 Å². The molecule has 1 aliphatic heterocycles. The molecule has 156 valence electrons. The van der Waals surface area contributed by atoms with Crippen molar-refractivity contribution >= 4 is 28.9 Å². The summed E-state index contributed by atoms with van der Waals surface area (Å²) in [7, 11) is 1.43. The number of ether oxygens (including phenoxy) is 1. The first-order valence-corrected chi connectivity index (χ1v) is 9.62. The lowest BCUT2D eigenvalue weighted by Gasteiger charge is -2.18. The number of methoxy groups -OCH3 is 1. The summed E-state index contributed by atoms with van der Waals surface area (Å²) in [5, 5.41) is -0.275. The van der Waals surface area contributed by atoms with Crippen LogP contribution < -0.4 is 4.74 Å². The van der Waals surface area contributed by atoms with Crippen molar-refractivity contribution in [2.45, 2.75) is 26.1 Å². The van der Waals surface area contributed by atoms with Crippen LogP contribution in [0.5, 0.6) is 5.88 Å². The lowest BCUT2D eigenvalue weighted by atomic mass is 10.0. The third-order valence-electron chi connectivity index (χ3n) is 4.73. The number of fused-ring (bicyclic) bond motifs is 3. The molecule has 0 saturated heterocycles. The van der Waals surface area contributed by atoms with Crippen molar-refractivity contribution in [2.75, 3.05) is 7.11 Å². The number of hydrogen-bond acceptors (Lipinski definition) is 4. The van der Waals surface area contributed by atoms with Gasteiger partial charge in [-0.25, -0.2) is 9.97 Å². The average Bonchev–Trinajstić information content (AvgIpc) is 3.02. The summed E-state index contributed by atoms with van der Waals surface area (Å²) in [4.78, 5) is 13.5. The molecule has 0 amide bonds. The zero-order chi connectivity index (χ0) is 21.8. The highest BCUT2D eigenvalue weighted by Gasteiger charge is 2.37. The van der Waals surface area contributed by atoms with Crippen LogP contribution in [0.1, 0.15) is 41.3 Å². The molecule has 3 aromatic rings. The lowest BCUT2D eigenvalue weighted by molar-refractivity contribution is -0.137. The topological polar surface area (TPSA) is 52.3 Å². The van der Waals surface area contributed by atoms with Gasteiger partial charge in [0, 0.05) is 17.8 Å². The van der Waals surface area contributed by atoms with E-state index in [9.17, 15) is 13.2 Å². The molecular weight excluding hydrogens is 440 g/mol. The van der Waals surface area contributed by atoms with Gasteiger partial charge in [0.15, 0.2) is 0 Å². The van der Waals surface area contributed by atoms with Crippen molar-refractivity contribution in [2.24, 2.45) is 4.99 Å². The van der Waals surface area contributed by atoms with E-state index in [-0.39, 0.29) is 27.9 Å². The molecule has 2 aromatic heterocycles. The number of alkyl halides is 3. The molecule has 0 spiro atoms. The molecule has 10 heteroatoms. The third-order valence-corrected chi connectivity index (χ3v) is 5.42. The van der Waals surface area contributed by atoms with Crippen LogP contribution in [0.2, 0.25) is 10.0 Å². The van der Waals surface area contributed by atoms with Crippen molar-refractivity contribution in [1.29, 1.82) is 0 Å². The molecule has 30 heavy (non-hydrogen) atoms. The SMILES string of the molecule is COc1ccc(Cl)c(C2=N[C@@H](C)c3nc(C)cn3-c3ccc(C(F)(F)F)c(Cl)c32)n1. The second kappa shape index (κ2) is 7.28. The minimum Gasteiger partial charge on any atom is -0.481 e. The first-order valence-electron chi connectivity index (χ1n) is 8.86. The van der Waals surface area contributed by atoms with Gasteiger partial charge in [-0.2, -0.15) is 13.2 Å². The Kier molecular flexibility index (Phi) is 5.02. The summed E-state index contributed by atoms with van der Waals surface area (Å²) in [5.41, 5.74) is 0.538. The van der Waals surface area contributed by atoms with Crippen LogP contribution >= 0.6 is 23.2 Å². The summed E-state index contributed by atoms with van der Waals surface area (Å²) in [6, 6.07) is 4.92. The Labute approximate surface area is 180 Å². The number of benzene rings is 1. The van der Waals surface area contributed by atoms with Gasteiger partial charge in [0.2, 0.25) is 5.88 Å². The molecule has 0 aliphatic carbocycles. The first-order chi connectivity index (χ1) is 14.1. The van der Waals surface area contributed by atoms with Gasteiger partial charge in [-0.05, 0) is 32.0 Å². The van der Waals surface area contributed by atoms with E-state index in [1.54, 1.807) is 36.7 Å². The molecule has 0 radical (unpaired) electrons. The number of rotatable bonds is 2. The van der Waals surface area contributed by atoms with Gasteiger partial charge in [-0.15, -0.1) is 0 Å². The molecule has 0 fully saturated rings. The van der Waals surface area contributed by atoms with E-state index >= 15 is 0 Å². The highest BCUT2D eigenvalue weighted by Crippen LogP contribution is 2.42. The summed E-state index contributed by atoms with van der Waals surface area (Å²) >= 11 is 12.7. The second-order valence-corrected chi connectivity index (χ2v) is 7.55. The number of aryl methyl sites for hydroxylation is 1. The Morgan fingerprint density at radius 1 is 1.10 bits per heavy atom. The maximum Gasteiger partial charge on any atom is 0.417 e. The molecule has 0 bridgehead atoms. The zero-order valence-electron chi connectivity index (χ0n) is 16.1. The van der Waals surface area contributed by atoms with E-state index in [2.05, 4.69) is 15.0 Å². The van der Waals surface area contributed by atoms with Crippen LogP contribution in [-0.2, 0) is 6.18 Å². The number of hydrogen-bond donors (Lipinski definition) is 0. The normalized spacial score (nSPS) is 15.9. The van der Waals surface area contributed by atoms with E-state index in [1.165, 1.54) is 13.2 Å². The maximum absolute atomic E-state index is 13.6. The fourth-order valence-electron chi connectivity index (χ4n) is 3.41. The Bertz CT molecular complexity index is 1190. The van der Waals surface area contributed by atoms with Crippen molar-refractivity contribution < 1.29 is 17.9 Å². The smallest absolute Gasteiger partial charge is 0.417 e. The van der Waals surface area contributed by atoms with Gasteiger partial charge in [0.25, 0.3) is 0 Å². The number of halogens is 5. The molecule has 1 aromatic carbocycles. The van der Waals surface area contributed by atoms with Crippen molar-refractivity contribution in [1.82, 2.24) is 14.5 Å². The van der Waals surface area contributed by atoms with Gasteiger partial charge in [0.1, 0.15) is 17.6 Å². The summed E-state index contributed by atoms with van der Waals surface area (Å²) in [6.45, 7) is 3.58. The standard InChI is InChI=1S/C20H15Cl2F3N4O/c1-9-8-29-13-6-4-11(20(23,24)25)16(22)15(13)18(27-10(2)19(29)26-9)17-12(21)5-7-14(28-17)30-3/h4-8,10H,1-3H3/t10-/m0/s1. The van der Waals surface area contributed by atoms with Crippen LogP contribution in [0.25, 0.3) is 5.69 Å². The Balaban J connectivity index is 2.10. The fraction of sp³-hybridized carbons (Fsp3) is 0.250. The van der Waals surface area contributed by atoms with E-state index < -0.39 is 22.8 Å². The summed E-state index contributed by atoms with van der Waals surface area (Å²) < 4.78 is 47.7. The quantitative estimate of drug-likeness (QED) is 0.489. The largest absolute Gasteiger partial charge is 0.481 e. The Hall–Kier alpha value is -2.58. The van der Waals surface area contributed by atoms with Crippen molar-refractivity contribution in [3.8, 4) is 11.6 Å². The number of pyridine rings is 1. The number of nitrogens with zero attached hydrogens (tertiary/aromatic N) is 4. The summed E-state index contributed by atoms with van der Waals surface area (Å²) in [5.74, 6) is 0.811. The number of aliphatic imine (C=N–C) groups is 1. The van der Waals surface area contributed by atoms with Crippen LogP contribution in [0.4, 0.5) is 13.2 Å².